The van der Waals surface area contributed by atoms with Gasteiger partial charge >= 0.3 is 0 Å². The molecule has 2 aromatic carbocycles. The van der Waals surface area contributed by atoms with Crippen molar-refractivity contribution in [2.75, 3.05) is 7.05 Å². The van der Waals surface area contributed by atoms with Gasteiger partial charge in [0.05, 0.1) is 0 Å². The van der Waals surface area contributed by atoms with Crippen LogP contribution in [-0.4, -0.2) is 29.8 Å². The number of amides is 2. The second-order valence-electron chi connectivity index (χ2n) is 8.75. The van der Waals surface area contributed by atoms with Crippen LogP contribution in [0, 0.1) is 6.92 Å². The van der Waals surface area contributed by atoms with Crippen molar-refractivity contribution in [3.63, 3.8) is 0 Å². The number of rotatable bonds is 7. The summed E-state index contributed by atoms with van der Waals surface area (Å²) >= 11 is 0. The largest absolute Gasteiger partial charge is 0.357 e. The Morgan fingerprint density at radius 1 is 1.03 bits per heavy atom. The third kappa shape index (κ3) is 6.45. The highest BCUT2D eigenvalue weighted by molar-refractivity contribution is 5.87. The molecule has 0 radical (unpaired) electrons. The number of carbonyl (C=O) groups is 2. The minimum Gasteiger partial charge on any atom is -0.357 e. The lowest BCUT2D eigenvalue weighted by Crippen LogP contribution is -2.46. The number of nitrogens with zero attached hydrogens (tertiary/aromatic N) is 1. The van der Waals surface area contributed by atoms with Gasteiger partial charge < -0.3 is 10.2 Å². The highest BCUT2D eigenvalue weighted by Gasteiger charge is 2.25. The zero-order valence-corrected chi connectivity index (χ0v) is 18.6. The van der Waals surface area contributed by atoms with Crippen molar-refractivity contribution in [2.45, 2.75) is 65.5 Å². The molecule has 29 heavy (non-hydrogen) atoms. The number of nitrogens with one attached hydrogen (secondary N) is 1. The fourth-order valence-corrected chi connectivity index (χ4v) is 3.37. The number of benzene rings is 2. The van der Waals surface area contributed by atoms with E-state index in [4.69, 9.17) is 0 Å². The molecular formula is C25H34N2O2. The minimum absolute atomic E-state index is 0.0116. The Morgan fingerprint density at radius 3 is 2.24 bits per heavy atom. The van der Waals surface area contributed by atoms with Crippen LogP contribution in [0.3, 0.4) is 0 Å². The van der Waals surface area contributed by atoms with Gasteiger partial charge in [-0.15, -0.1) is 0 Å². The second-order valence-corrected chi connectivity index (χ2v) is 8.75. The third-order valence-electron chi connectivity index (χ3n) is 5.30. The maximum absolute atomic E-state index is 13.0. The van der Waals surface area contributed by atoms with Crippen LogP contribution in [0.25, 0.3) is 0 Å². The summed E-state index contributed by atoms with van der Waals surface area (Å²) in [6.07, 6.45) is 1.04. The molecule has 0 bridgehead atoms. The fraction of sp³-hybridized carbons (Fsp3) is 0.440. The maximum Gasteiger partial charge on any atom is 0.242 e. The molecule has 0 aliphatic carbocycles. The average Bonchev–Trinajstić information content (AvgIpc) is 2.68. The van der Waals surface area contributed by atoms with Crippen LogP contribution in [0.5, 0.6) is 0 Å². The Morgan fingerprint density at radius 2 is 1.69 bits per heavy atom. The molecule has 0 aromatic heterocycles. The summed E-state index contributed by atoms with van der Waals surface area (Å²) in [5.74, 6) is -0.164. The number of aryl methyl sites for hydroxylation is 2. The first-order valence-corrected chi connectivity index (χ1v) is 10.3. The molecule has 4 heteroatoms. The lowest BCUT2D eigenvalue weighted by Gasteiger charge is -2.28. The zero-order valence-electron chi connectivity index (χ0n) is 18.6. The van der Waals surface area contributed by atoms with Gasteiger partial charge in [-0.25, -0.2) is 0 Å². The first-order chi connectivity index (χ1) is 13.6. The number of hydrogen-bond donors (Lipinski definition) is 1. The molecule has 0 fully saturated rings. The summed E-state index contributed by atoms with van der Waals surface area (Å²) in [4.78, 5) is 26.9. The van der Waals surface area contributed by atoms with Crippen LogP contribution in [0.4, 0.5) is 0 Å². The molecule has 0 aliphatic heterocycles. The van der Waals surface area contributed by atoms with Gasteiger partial charge in [0.25, 0.3) is 0 Å². The lowest BCUT2D eigenvalue weighted by molar-refractivity contribution is -0.140. The second kappa shape index (κ2) is 9.73. The van der Waals surface area contributed by atoms with Crippen molar-refractivity contribution in [1.29, 1.82) is 0 Å². The van der Waals surface area contributed by atoms with Crippen LogP contribution >= 0.6 is 0 Å². The maximum atomic E-state index is 13.0. The molecule has 0 spiro atoms. The van der Waals surface area contributed by atoms with Crippen LogP contribution < -0.4 is 5.32 Å². The minimum atomic E-state index is -0.517. The van der Waals surface area contributed by atoms with Crippen LogP contribution in [0.2, 0.25) is 0 Å². The van der Waals surface area contributed by atoms with E-state index < -0.39 is 6.04 Å². The number of likely N-dealkylation sites (N-methyl/N-ethyl adjacent to an activating group) is 1. The first-order valence-electron chi connectivity index (χ1n) is 10.3. The Balaban J connectivity index is 2.11. The van der Waals surface area contributed by atoms with Gasteiger partial charge in [-0.2, -0.15) is 0 Å². The summed E-state index contributed by atoms with van der Waals surface area (Å²) in [6, 6.07) is 16.0. The van der Waals surface area contributed by atoms with E-state index in [1.54, 1.807) is 18.9 Å². The van der Waals surface area contributed by atoms with Crippen molar-refractivity contribution in [3.8, 4) is 0 Å². The highest BCUT2D eigenvalue weighted by Crippen LogP contribution is 2.22. The normalized spacial score (nSPS) is 12.3. The van der Waals surface area contributed by atoms with E-state index in [0.717, 1.165) is 16.7 Å². The van der Waals surface area contributed by atoms with E-state index in [9.17, 15) is 9.59 Å². The SMILES string of the molecule is CNC(=O)[C@H](C)N(Cc1cccc(C)c1)C(=O)CCc1ccc(C(C)(C)C)cc1. The number of hydrogen-bond acceptors (Lipinski definition) is 2. The molecule has 0 aliphatic rings. The van der Waals surface area contributed by atoms with Crippen LogP contribution in [-0.2, 0) is 28.0 Å². The van der Waals surface area contributed by atoms with Crippen LogP contribution in [0.1, 0.15) is 56.4 Å². The van der Waals surface area contributed by atoms with Crippen molar-refractivity contribution < 1.29 is 9.59 Å². The van der Waals surface area contributed by atoms with Gasteiger partial charge in [0, 0.05) is 20.0 Å². The smallest absolute Gasteiger partial charge is 0.242 e. The standard InChI is InChI=1S/C25H34N2O2/c1-18-8-7-9-21(16-18)17-27(19(2)24(29)26-6)23(28)15-12-20-10-13-22(14-11-20)25(3,4)5/h7-11,13-14,16,19H,12,15,17H2,1-6H3,(H,26,29)/t19-/m0/s1. The summed E-state index contributed by atoms with van der Waals surface area (Å²) in [6.45, 7) is 10.8. The molecule has 156 valence electrons. The Bertz CT molecular complexity index is 835. The molecule has 0 heterocycles. The zero-order chi connectivity index (χ0) is 21.6. The summed E-state index contributed by atoms with van der Waals surface area (Å²) in [5, 5.41) is 2.66. The molecule has 4 nitrogen and oxygen atoms in total. The van der Waals surface area contributed by atoms with Gasteiger partial charge in [-0.1, -0.05) is 74.9 Å². The Kier molecular flexibility index (Phi) is 7.60. The monoisotopic (exact) mass is 394 g/mol. The van der Waals surface area contributed by atoms with Crippen molar-refractivity contribution in [3.05, 3.63) is 70.8 Å². The molecule has 0 unspecified atom stereocenters. The highest BCUT2D eigenvalue weighted by atomic mass is 16.2. The molecule has 2 amide bonds. The average molecular weight is 395 g/mol. The van der Waals surface area contributed by atoms with E-state index in [1.165, 1.54) is 5.56 Å². The van der Waals surface area contributed by atoms with Gasteiger partial charge in [-0.05, 0) is 42.4 Å². The summed E-state index contributed by atoms with van der Waals surface area (Å²) < 4.78 is 0. The Hall–Kier alpha value is -2.62. The predicted molar refractivity (Wildman–Crippen MR) is 119 cm³/mol. The number of carbonyl (C=O) groups excluding carboxylic acids is 2. The summed E-state index contributed by atoms with van der Waals surface area (Å²) in [7, 11) is 1.60. The molecule has 2 aromatic rings. The van der Waals surface area contributed by atoms with Gasteiger partial charge in [0.15, 0.2) is 0 Å². The molecule has 0 saturated heterocycles. The quantitative estimate of drug-likeness (QED) is 0.757. The van der Waals surface area contributed by atoms with E-state index in [1.807, 2.05) is 25.1 Å². The third-order valence-corrected chi connectivity index (χ3v) is 5.30. The topological polar surface area (TPSA) is 49.4 Å². The van der Waals surface area contributed by atoms with E-state index in [-0.39, 0.29) is 17.2 Å². The van der Waals surface area contributed by atoms with E-state index in [0.29, 0.717) is 19.4 Å². The predicted octanol–water partition coefficient (Wildman–Crippen LogP) is 4.39. The van der Waals surface area contributed by atoms with Crippen molar-refractivity contribution in [1.82, 2.24) is 10.2 Å². The van der Waals surface area contributed by atoms with Gasteiger partial charge in [0.1, 0.15) is 6.04 Å². The van der Waals surface area contributed by atoms with Crippen molar-refractivity contribution >= 4 is 11.8 Å². The lowest BCUT2D eigenvalue weighted by atomic mass is 9.86. The van der Waals surface area contributed by atoms with E-state index >= 15 is 0 Å². The first kappa shape index (κ1) is 22.7. The molecule has 0 saturated carbocycles. The molecule has 1 atom stereocenters. The van der Waals surface area contributed by atoms with Gasteiger partial charge in [0.2, 0.25) is 11.8 Å². The van der Waals surface area contributed by atoms with Gasteiger partial charge in [-0.3, -0.25) is 9.59 Å². The molecular weight excluding hydrogens is 360 g/mol. The van der Waals surface area contributed by atoms with Crippen LogP contribution in [0.15, 0.2) is 48.5 Å². The van der Waals surface area contributed by atoms with Crippen molar-refractivity contribution in [2.24, 2.45) is 0 Å². The molecule has 2 rings (SSSR count). The molecule has 1 N–H and O–H groups in total. The Labute approximate surface area is 175 Å². The fourth-order valence-electron chi connectivity index (χ4n) is 3.37. The summed E-state index contributed by atoms with van der Waals surface area (Å²) in [5.41, 5.74) is 4.70. The van der Waals surface area contributed by atoms with E-state index in [2.05, 4.69) is 56.4 Å².